The zero-order chi connectivity index (χ0) is 18.6. The molecule has 1 saturated carbocycles. The minimum absolute atomic E-state index is 0.0992. The first-order chi connectivity index (χ1) is 13.2. The molecule has 7 heteroatoms. The number of carbonyl (C=O) groups is 1. The van der Waals surface area contributed by atoms with E-state index in [0.717, 1.165) is 68.7 Å². The molecule has 0 unspecified atom stereocenters. The van der Waals surface area contributed by atoms with Crippen molar-refractivity contribution in [1.29, 1.82) is 0 Å². The van der Waals surface area contributed by atoms with E-state index in [4.69, 9.17) is 4.74 Å². The van der Waals surface area contributed by atoms with E-state index in [-0.39, 0.29) is 17.6 Å². The Morgan fingerprint density at radius 2 is 2.04 bits per heavy atom. The van der Waals surface area contributed by atoms with Gasteiger partial charge in [-0.15, -0.1) is 0 Å². The summed E-state index contributed by atoms with van der Waals surface area (Å²) in [6, 6.07) is 4.63. The van der Waals surface area contributed by atoms with Gasteiger partial charge < -0.3 is 9.64 Å². The quantitative estimate of drug-likeness (QED) is 0.849. The number of morpholine rings is 1. The van der Waals surface area contributed by atoms with Gasteiger partial charge in [0, 0.05) is 5.92 Å². The number of thiazole rings is 1. The third-order valence-corrected chi connectivity index (χ3v) is 6.72. The van der Waals surface area contributed by atoms with Gasteiger partial charge in [0.15, 0.2) is 5.13 Å². The fourth-order valence-electron chi connectivity index (χ4n) is 4.05. The summed E-state index contributed by atoms with van der Waals surface area (Å²) in [6.07, 6.45) is 5.43. The summed E-state index contributed by atoms with van der Waals surface area (Å²) in [6.45, 7) is 5.09. The molecule has 2 heterocycles. The van der Waals surface area contributed by atoms with Gasteiger partial charge in [0.2, 0.25) is 5.91 Å². The first-order valence-corrected chi connectivity index (χ1v) is 10.8. The van der Waals surface area contributed by atoms with E-state index in [1.165, 1.54) is 34.8 Å². The van der Waals surface area contributed by atoms with E-state index < -0.39 is 0 Å². The molecule has 27 heavy (non-hydrogen) atoms. The van der Waals surface area contributed by atoms with Crippen molar-refractivity contribution in [3.63, 3.8) is 0 Å². The summed E-state index contributed by atoms with van der Waals surface area (Å²) >= 11 is 1.42. The summed E-state index contributed by atoms with van der Waals surface area (Å²) in [5, 5.41) is 0.707. The molecule has 1 aliphatic heterocycles. The first-order valence-electron chi connectivity index (χ1n) is 9.99. The minimum Gasteiger partial charge on any atom is -0.370 e. The van der Waals surface area contributed by atoms with Gasteiger partial charge in [-0.3, -0.25) is 9.69 Å². The number of nitrogens with one attached hydrogen (secondary N) is 1. The monoisotopic (exact) mass is 392 g/mol. The number of anilines is 1. The minimum atomic E-state index is -0.263. The Kier molecular flexibility index (Phi) is 6.00. The molecule has 1 N–H and O–H groups in total. The SMILES string of the molecule is O=C(C1CCCCC1)N(CC[NH+]1CCOCC1)c1nc2ccc(F)cc2s1. The van der Waals surface area contributed by atoms with E-state index in [9.17, 15) is 9.18 Å². The summed E-state index contributed by atoms with van der Waals surface area (Å²) in [5.74, 6) is 0.0321. The zero-order valence-corrected chi connectivity index (χ0v) is 16.4. The van der Waals surface area contributed by atoms with Crippen molar-refractivity contribution in [2.24, 2.45) is 5.92 Å². The van der Waals surface area contributed by atoms with Crippen LogP contribution in [0.5, 0.6) is 0 Å². The maximum Gasteiger partial charge on any atom is 0.232 e. The van der Waals surface area contributed by atoms with E-state index in [1.54, 1.807) is 6.07 Å². The number of amides is 1. The fraction of sp³-hybridized carbons (Fsp3) is 0.600. The molecule has 5 nitrogen and oxygen atoms in total. The Morgan fingerprint density at radius 1 is 1.26 bits per heavy atom. The topological polar surface area (TPSA) is 46.9 Å². The lowest BCUT2D eigenvalue weighted by Crippen LogP contribution is -3.14. The number of benzene rings is 1. The van der Waals surface area contributed by atoms with Crippen molar-refractivity contribution in [2.75, 3.05) is 44.3 Å². The maximum atomic E-state index is 13.6. The van der Waals surface area contributed by atoms with E-state index >= 15 is 0 Å². The normalized spacial score (nSPS) is 19.4. The van der Waals surface area contributed by atoms with Gasteiger partial charge in [0.1, 0.15) is 18.9 Å². The molecule has 1 amide bonds. The van der Waals surface area contributed by atoms with Crippen molar-refractivity contribution < 1.29 is 18.8 Å². The largest absolute Gasteiger partial charge is 0.370 e. The van der Waals surface area contributed by atoms with E-state index in [1.807, 2.05) is 4.90 Å². The molecule has 0 spiro atoms. The molecule has 2 fully saturated rings. The van der Waals surface area contributed by atoms with Gasteiger partial charge >= 0.3 is 0 Å². The first kappa shape index (κ1) is 18.8. The molecule has 1 aromatic carbocycles. The smallest absolute Gasteiger partial charge is 0.232 e. The lowest BCUT2D eigenvalue weighted by atomic mass is 9.88. The van der Waals surface area contributed by atoms with Crippen LogP contribution in [0, 0.1) is 11.7 Å². The predicted molar refractivity (Wildman–Crippen MR) is 105 cm³/mol. The second-order valence-electron chi connectivity index (χ2n) is 7.55. The van der Waals surface area contributed by atoms with Crippen LogP contribution >= 0.6 is 11.3 Å². The lowest BCUT2D eigenvalue weighted by molar-refractivity contribution is -0.906. The number of halogens is 1. The molecule has 1 aromatic heterocycles. The van der Waals surface area contributed by atoms with Crippen LogP contribution in [-0.4, -0.2) is 50.3 Å². The fourth-order valence-corrected chi connectivity index (χ4v) is 5.07. The third-order valence-electron chi connectivity index (χ3n) is 5.68. The van der Waals surface area contributed by atoms with Crippen LogP contribution in [0.2, 0.25) is 0 Å². The van der Waals surface area contributed by atoms with Crippen LogP contribution in [0.15, 0.2) is 18.2 Å². The number of nitrogens with zero attached hydrogens (tertiary/aromatic N) is 2. The van der Waals surface area contributed by atoms with Gasteiger partial charge in [0.25, 0.3) is 0 Å². The number of hydrogen-bond donors (Lipinski definition) is 1. The van der Waals surface area contributed by atoms with Crippen LogP contribution in [0.25, 0.3) is 10.2 Å². The van der Waals surface area contributed by atoms with E-state index in [0.29, 0.717) is 11.7 Å². The Balaban J connectivity index is 1.56. The Morgan fingerprint density at radius 3 is 2.81 bits per heavy atom. The standard InChI is InChI=1S/C20H26FN3O2S/c21-16-6-7-17-18(14-16)27-20(22-17)24(9-8-23-10-12-26-13-11-23)19(25)15-4-2-1-3-5-15/h6-7,14-15H,1-5,8-13H2/p+1. The zero-order valence-electron chi connectivity index (χ0n) is 15.6. The highest BCUT2D eigenvalue weighted by Gasteiger charge is 2.29. The van der Waals surface area contributed by atoms with Crippen molar-refractivity contribution in [3.05, 3.63) is 24.0 Å². The predicted octanol–water partition coefficient (Wildman–Crippen LogP) is 2.26. The highest BCUT2D eigenvalue weighted by Crippen LogP contribution is 2.32. The Labute approximate surface area is 163 Å². The molecule has 0 bridgehead atoms. The molecule has 1 saturated heterocycles. The van der Waals surface area contributed by atoms with Crippen LogP contribution < -0.4 is 9.80 Å². The molecule has 146 valence electrons. The highest BCUT2D eigenvalue weighted by atomic mass is 32.1. The number of hydrogen-bond acceptors (Lipinski definition) is 4. The number of fused-ring (bicyclic) bond motifs is 1. The molecule has 0 atom stereocenters. The van der Waals surface area contributed by atoms with Crippen molar-refractivity contribution in [1.82, 2.24) is 4.98 Å². The molecule has 1 aliphatic carbocycles. The second kappa shape index (κ2) is 8.63. The van der Waals surface area contributed by atoms with Gasteiger partial charge in [0.05, 0.1) is 36.5 Å². The molecule has 0 radical (unpaired) electrons. The number of carbonyl (C=O) groups excluding carboxylic acids is 1. The van der Waals surface area contributed by atoms with Crippen molar-refractivity contribution in [2.45, 2.75) is 32.1 Å². The summed E-state index contributed by atoms with van der Waals surface area (Å²) in [4.78, 5) is 21.3. The highest BCUT2D eigenvalue weighted by molar-refractivity contribution is 7.22. The number of aromatic nitrogens is 1. The van der Waals surface area contributed by atoms with Gasteiger partial charge in [-0.25, -0.2) is 9.37 Å². The van der Waals surface area contributed by atoms with Crippen LogP contribution in [0.1, 0.15) is 32.1 Å². The van der Waals surface area contributed by atoms with Crippen LogP contribution in [0.3, 0.4) is 0 Å². The van der Waals surface area contributed by atoms with Gasteiger partial charge in [-0.05, 0) is 31.0 Å². The summed E-state index contributed by atoms with van der Waals surface area (Å²) in [5.41, 5.74) is 0.761. The van der Waals surface area contributed by atoms with Crippen molar-refractivity contribution >= 4 is 32.6 Å². The Hall–Kier alpha value is -1.57. The molecule has 4 rings (SSSR count). The third kappa shape index (κ3) is 4.47. The molecule has 2 aromatic rings. The van der Waals surface area contributed by atoms with Crippen molar-refractivity contribution in [3.8, 4) is 0 Å². The second-order valence-corrected chi connectivity index (χ2v) is 8.55. The molecular formula is C20H27FN3O2S+. The molecule has 2 aliphatic rings. The maximum absolute atomic E-state index is 13.6. The Bertz CT molecular complexity index is 785. The number of rotatable bonds is 5. The van der Waals surface area contributed by atoms with Gasteiger partial charge in [-0.2, -0.15) is 0 Å². The molecular weight excluding hydrogens is 365 g/mol. The van der Waals surface area contributed by atoms with Crippen LogP contribution in [0.4, 0.5) is 9.52 Å². The number of quaternary nitrogens is 1. The summed E-state index contributed by atoms with van der Waals surface area (Å²) < 4.78 is 19.8. The lowest BCUT2D eigenvalue weighted by Gasteiger charge is -2.30. The average molecular weight is 393 g/mol. The average Bonchev–Trinajstić information content (AvgIpc) is 3.12. The van der Waals surface area contributed by atoms with Gasteiger partial charge in [-0.1, -0.05) is 30.6 Å². The number of ether oxygens (including phenoxy) is 1. The summed E-state index contributed by atoms with van der Waals surface area (Å²) in [7, 11) is 0. The van der Waals surface area contributed by atoms with Crippen LogP contribution in [-0.2, 0) is 9.53 Å². The van der Waals surface area contributed by atoms with E-state index in [2.05, 4.69) is 4.98 Å².